The summed E-state index contributed by atoms with van der Waals surface area (Å²) < 4.78 is 2.45. The normalized spacial score (nSPS) is 15.5. The molecule has 0 unspecified atom stereocenters. The maximum absolute atomic E-state index is 5.02. The van der Waals surface area contributed by atoms with Crippen molar-refractivity contribution < 1.29 is 0 Å². The van der Waals surface area contributed by atoms with Crippen LogP contribution in [0.3, 0.4) is 0 Å². The molecule has 2 heteroatoms. The molecule has 184 valence electrons. The summed E-state index contributed by atoms with van der Waals surface area (Å²) in [6.07, 6.45) is 8.38. The van der Waals surface area contributed by atoms with Gasteiger partial charge in [-0.05, 0) is 48.9 Å². The molecule has 2 nitrogen and oxygen atoms in total. The second-order valence-corrected chi connectivity index (χ2v) is 9.83. The zero-order valence-corrected chi connectivity index (χ0v) is 22.1. The first-order valence-corrected chi connectivity index (χ1v) is 13.0. The highest BCUT2D eigenvalue weighted by Crippen LogP contribution is 2.41. The lowest BCUT2D eigenvalue weighted by molar-refractivity contribution is 1.14. The summed E-state index contributed by atoms with van der Waals surface area (Å²) in [5.41, 5.74) is 11.1. The van der Waals surface area contributed by atoms with Crippen molar-refractivity contribution in [3.8, 4) is 11.3 Å². The lowest BCUT2D eigenvalue weighted by Gasteiger charge is -2.19. The van der Waals surface area contributed by atoms with E-state index in [-0.39, 0.29) is 0 Å². The maximum atomic E-state index is 5.02. The van der Waals surface area contributed by atoms with Crippen molar-refractivity contribution in [2.45, 2.75) is 20.8 Å². The van der Waals surface area contributed by atoms with Gasteiger partial charge in [0, 0.05) is 27.6 Å². The molecule has 0 saturated heterocycles. The van der Waals surface area contributed by atoms with Crippen LogP contribution in [-0.2, 0) is 0 Å². The highest BCUT2D eigenvalue weighted by atomic mass is 15.0. The van der Waals surface area contributed by atoms with Crippen molar-refractivity contribution in [1.82, 2.24) is 4.57 Å². The zero-order valence-electron chi connectivity index (χ0n) is 22.1. The monoisotopic (exact) mass is 490 g/mol. The first kappa shape index (κ1) is 23.7. The van der Waals surface area contributed by atoms with E-state index in [9.17, 15) is 0 Å². The fraction of sp³-hybridized carbons (Fsp3) is 0.0833. The molecule has 4 aromatic carbocycles. The minimum absolute atomic E-state index is 0.754. The van der Waals surface area contributed by atoms with Gasteiger partial charge < -0.3 is 4.57 Å². The van der Waals surface area contributed by atoms with Crippen LogP contribution in [0.15, 0.2) is 132 Å². The molecule has 0 aliphatic heterocycles. The van der Waals surface area contributed by atoms with Gasteiger partial charge in [0.05, 0.1) is 22.6 Å². The molecule has 0 saturated carbocycles. The number of nitrogens with zero attached hydrogens (tertiary/aromatic N) is 2. The predicted molar refractivity (Wildman–Crippen MR) is 164 cm³/mol. The quantitative estimate of drug-likeness (QED) is 0.239. The Labute approximate surface area is 224 Å². The molecule has 0 fully saturated rings. The third-order valence-corrected chi connectivity index (χ3v) is 7.50. The third-order valence-electron chi connectivity index (χ3n) is 7.50. The number of hydrogen-bond acceptors (Lipinski definition) is 1. The Hall–Kier alpha value is -4.69. The SMILES string of the molecule is C=C(N=C1C=CC=C/C1=C(/C)n1c(-c2ccccc2C)c(C)c2ccc3ccccc3c21)c1ccccc1. The van der Waals surface area contributed by atoms with Crippen LogP contribution in [0.5, 0.6) is 0 Å². The van der Waals surface area contributed by atoms with E-state index >= 15 is 0 Å². The van der Waals surface area contributed by atoms with Crippen molar-refractivity contribution >= 4 is 38.8 Å². The zero-order chi connectivity index (χ0) is 26.2. The molecular weight excluding hydrogens is 460 g/mol. The second-order valence-electron chi connectivity index (χ2n) is 9.83. The van der Waals surface area contributed by atoms with Gasteiger partial charge in [0.1, 0.15) is 0 Å². The van der Waals surface area contributed by atoms with E-state index in [0.717, 1.165) is 28.2 Å². The van der Waals surface area contributed by atoms with E-state index in [4.69, 9.17) is 4.99 Å². The molecule has 0 bridgehead atoms. The van der Waals surface area contributed by atoms with Crippen LogP contribution in [-0.4, -0.2) is 10.3 Å². The van der Waals surface area contributed by atoms with Gasteiger partial charge in [-0.3, -0.25) is 0 Å². The Morgan fingerprint density at radius 3 is 2.26 bits per heavy atom. The number of aryl methyl sites for hydroxylation is 2. The average Bonchev–Trinajstić information content (AvgIpc) is 3.26. The Kier molecular flexibility index (Phi) is 6.01. The largest absolute Gasteiger partial charge is 0.312 e. The average molecular weight is 491 g/mol. The van der Waals surface area contributed by atoms with Crippen LogP contribution in [0.25, 0.3) is 44.3 Å². The molecule has 1 aliphatic rings. The van der Waals surface area contributed by atoms with Crippen molar-refractivity contribution in [3.63, 3.8) is 0 Å². The van der Waals surface area contributed by atoms with Crippen LogP contribution in [0.1, 0.15) is 23.6 Å². The van der Waals surface area contributed by atoms with E-state index in [1.165, 1.54) is 44.1 Å². The van der Waals surface area contributed by atoms with Gasteiger partial charge in [-0.1, -0.05) is 116 Å². The molecule has 0 atom stereocenters. The molecule has 38 heavy (non-hydrogen) atoms. The molecule has 0 spiro atoms. The molecule has 0 radical (unpaired) electrons. The predicted octanol–water partition coefficient (Wildman–Crippen LogP) is 9.55. The van der Waals surface area contributed by atoms with Gasteiger partial charge in [0.15, 0.2) is 0 Å². The number of hydrogen-bond donors (Lipinski definition) is 0. The molecule has 1 aromatic heterocycles. The summed E-state index contributed by atoms with van der Waals surface area (Å²) >= 11 is 0. The topological polar surface area (TPSA) is 17.3 Å². The number of aromatic nitrogens is 1. The first-order valence-electron chi connectivity index (χ1n) is 13.0. The van der Waals surface area contributed by atoms with Gasteiger partial charge in [-0.2, -0.15) is 0 Å². The molecule has 0 amide bonds. The summed E-state index contributed by atoms with van der Waals surface area (Å²) in [5, 5.41) is 3.75. The minimum Gasteiger partial charge on any atom is -0.312 e. The van der Waals surface area contributed by atoms with E-state index in [2.05, 4.69) is 123 Å². The number of fused-ring (bicyclic) bond motifs is 3. The summed E-state index contributed by atoms with van der Waals surface area (Å²) in [6.45, 7) is 10.9. The lowest BCUT2D eigenvalue weighted by atomic mass is 10.0. The van der Waals surface area contributed by atoms with Gasteiger partial charge >= 0.3 is 0 Å². The minimum atomic E-state index is 0.754. The van der Waals surface area contributed by atoms with Gasteiger partial charge in [0.2, 0.25) is 0 Å². The molecule has 5 aromatic rings. The molecule has 1 heterocycles. The fourth-order valence-corrected chi connectivity index (χ4v) is 5.54. The Morgan fingerprint density at radius 1 is 0.737 bits per heavy atom. The highest BCUT2D eigenvalue weighted by Gasteiger charge is 2.22. The molecular formula is C36H30N2. The highest BCUT2D eigenvalue weighted by molar-refractivity contribution is 6.18. The lowest BCUT2D eigenvalue weighted by Crippen LogP contribution is -2.08. The summed E-state index contributed by atoms with van der Waals surface area (Å²) in [6, 6.07) is 32.0. The van der Waals surface area contributed by atoms with Crippen LogP contribution in [0.4, 0.5) is 0 Å². The number of aliphatic imine (C=N–C) groups is 1. The smallest absolute Gasteiger partial charge is 0.0726 e. The summed E-state index contributed by atoms with van der Waals surface area (Å²) in [5.74, 6) is 0. The third kappa shape index (κ3) is 3.95. The Bertz CT molecular complexity index is 1840. The van der Waals surface area contributed by atoms with Crippen molar-refractivity contribution in [3.05, 3.63) is 144 Å². The van der Waals surface area contributed by atoms with Gasteiger partial charge in [-0.15, -0.1) is 0 Å². The Morgan fingerprint density at radius 2 is 1.45 bits per heavy atom. The van der Waals surface area contributed by atoms with Crippen molar-refractivity contribution in [2.24, 2.45) is 4.99 Å². The number of allylic oxidation sites excluding steroid dienone is 6. The summed E-state index contributed by atoms with van der Waals surface area (Å²) in [4.78, 5) is 5.02. The second kappa shape index (κ2) is 9.64. The molecule has 1 aliphatic carbocycles. The summed E-state index contributed by atoms with van der Waals surface area (Å²) in [7, 11) is 0. The molecule has 6 rings (SSSR count). The maximum Gasteiger partial charge on any atom is 0.0726 e. The van der Waals surface area contributed by atoms with E-state index < -0.39 is 0 Å². The van der Waals surface area contributed by atoms with E-state index in [1.54, 1.807) is 0 Å². The Balaban J connectivity index is 1.68. The van der Waals surface area contributed by atoms with Gasteiger partial charge in [0.25, 0.3) is 0 Å². The fourth-order valence-electron chi connectivity index (χ4n) is 5.54. The van der Waals surface area contributed by atoms with E-state index in [0.29, 0.717) is 0 Å². The standard InChI is InChI=1S/C36H30N2/c1-24-14-8-10-18-30(24)35-25(2)31-23-22-29-17-9-11-20-33(29)36(31)38(35)27(4)32-19-12-13-21-34(32)37-26(3)28-15-6-5-7-16-28/h5-23H,3H2,1-2,4H3/b32-27+,37-34?. The van der Waals surface area contributed by atoms with E-state index in [1.807, 2.05) is 24.3 Å². The number of benzene rings is 4. The van der Waals surface area contributed by atoms with Crippen LogP contribution >= 0.6 is 0 Å². The van der Waals surface area contributed by atoms with Crippen LogP contribution in [0.2, 0.25) is 0 Å². The molecule has 0 N–H and O–H groups in total. The van der Waals surface area contributed by atoms with Crippen LogP contribution < -0.4 is 0 Å². The van der Waals surface area contributed by atoms with Crippen LogP contribution in [0, 0.1) is 13.8 Å². The first-order chi connectivity index (χ1) is 18.5. The van der Waals surface area contributed by atoms with Gasteiger partial charge in [-0.25, -0.2) is 4.99 Å². The van der Waals surface area contributed by atoms with Crippen molar-refractivity contribution in [2.75, 3.05) is 0 Å². The van der Waals surface area contributed by atoms with Crippen molar-refractivity contribution in [1.29, 1.82) is 0 Å². The number of rotatable bonds is 4.